The second-order valence-corrected chi connectivity index (χ2v) is 8.69. The predicted octanol–water partition coefficient (Wildman–Crippen LogP) is 2.97. The molecule has 0 bridgehead atoms. The van der Waals surface area contributed by atoms with Gasteiger partial charge in [-0.1, -0.05) is 13.3 Å². The first kappa shape index (κ1) is 22.6. The van der Waals surface area contributed by atoms with Gasteiger partial charge >= 0.3 is 0 Å². The number of thiazole rings is 1. The molecule has 0 saturated carbocycles. The largest absolute Gasteiger partial charge is 0.351 e. The van der Waals surface area contributed by atoms with Crippen LogP contribution in [0.1, 0.15) is 30.2 Å². The zero-order chi connectivity index (χ0) is 22.5. The van der Waals surface area contributed by atoms with Crippen LogP contribution in [0.15, 0.2) is 34.4 Å². The molecule has 1 aromatic carbocycles. The molecule has 1 N–H and O–H groups in total. The molecule has 0 aliphatic rings. The summed E-state index contributed by atoms with van der Waals surface area (Å²) in [6.07, 6.45) is 3.23. The Morgan fingerprint density at radius 1 is 1.32 bits per heavy atom. The van der Waals surface area contributed by atoms with E-state index in [1.165, 1.54) is 11.3 Å². The molecule has 31 heavy (non-hydrogen) atoms. The molecule has 2 heterocycles. The van der Waals surface area contributed by atoms with Crippen LogP contribution in [-0.4, -0.2) is 17.0 Å². The summed E-state index contributed by atoms with van der Waals surface area (Å²) in [5.74, 6) is -2.41. The molecule has 160 valence electrons. The lowest BCUT2D eigenvalue weighted by Gasteiger charge is -2.06. The number of amides is 1. The van der Waals surface area contributed by atoms with Gasteiger partial charge in [-0.3, -0.25) is 14.2 Å². The topological polar surface area (TPSA) is 74.9 Å². The van der Waals surface area contributed by atoms with E-state index in [0.717, 1.165) is 51.3 Å². The highest BCUT2D eigenvalue weighted by atomic mass is 32.1. The summed E-state index contributed by atoms with van der Waals surface area (Å²) in [5.41, 5.74) is -0.160. The Bertz CT molecular complexity index is 1350. The molecule has 3 rings (SSSR count). The average molecular weight is 460 g/mol. The molecule has 2 aromatic heterocycles. The van der Waals surface area contributed by atoms with Gasteiger partial charge in [0.1, 0.15) is 22.4 Å². The van der Waals surface area contributed by atoms with Crippen molar-refractivity contribution < 1.29 is 13.6 Å². The van der Waals surface area contributed by atoms with Crippen molar-refractivity contribution in [3.63, 3.8) is 0 Å². The highest BCUT2D eigenvalue weighted by Crippen LogP contribution is 2.16. The van der Waals surface area contributed by atoms with Crippen LogP contribution in [-0.2, 0) is 4.79 Å². The third kappa shape index (κ3) is 4.81. The molecule has 0 unspecified atom stereocenters. The lowest BCUT2D eigenvalue weighted by molar-refractivity contribution is -0.115. The first-order chi connectivity index (χ1) is 14.9. The molecule has 0 aliphatic carbocycles. The standard InChI is InChI=1S/C22H19F2N3O2S2/c1-3-4-8-26-20(28)15(12-25)22-27(17-6-5-14(23)10-16(17)24)21(29)19(31-22)11-18-13(2)7-9-30-18/h5-7,9-11H,3-4,8H2,1-2H3,(H,26,28)/b19-11-,22-15-. The fourth-order valence-corrected chi connectivity index (χ4v) is 4.86. The van der Waals surface area contributed by atoms with Crippen molar-refractivity contribution in [2.24, 2.45) is 0 Å². The Balaban J connectivity index is 2.34. The number of aromatic nitrogens is 1. The molecule has 3 aromatic rings. The van der Waals surface area contributed by atoms with Crippen LogP contribution in [0.25, 0.3) is 17.3 Å². The Labute approximate surface area is 185 Å². The van der Waals surface area contributed by atoms with E-state index in [2.05, 4.69) is 5.32 Å². The van der Waals surface area contributed by atoms with E-state index in [0.29, 0.717) is 12.6 Å². The summed E-state index contributed by atoms with van der Waals surface area (Å²) < 4.78 is 29.2. The molecule has 0 atom stereocenters. The number of carbonyl (C=O) groups is 1. The number of rotatable bonds is 6. The van der Waals surface area contributed by atoms with Gasteiger partial charge in [-0.25, -0.2) is 8.78 Å². The maximum Gasteiger partial charge on any atom is 0.273 e. The number of thiophene rings is 1. The number of unbranched alkanes of at least 4 members (excludes halogenated alkanes) is 1. The Hall–Kier alpha value is -3.09. The van der Waals surface area contributed by atoms with Gasteiger partial charge in [-0.15, -0.1) is 22.7 Å². The summed E-state index contributed by atoms with van der Waals surface area (Å²) in [5, 5.41) is 14.2. The SMILES string of the molecule is CCCCNC(=O)/C(C#N)=c1\s/c(=C\c2sccc2C)c(=O)n1-c1ccc(F)cc1F. The summed E-state index contributed by atoms with van der Waals surface area (Å²) in [6.45, 7) is 4.22. The molecule has 0 fully saturated rings. The molecule has 1 amide bonds. The van der Waals surface area contributed by atoms with Gasteiger partial charge in [-0.2, -0.15) is 5.26 Å². The van der Waals surface area contributed by atoms with Gasteiger partial charge in [0, 0.05) is 17.5 Å². The maximum absolute atomic E-state index is 14.6. The fraction of sp³-hybridized carbons (Fsp3) is 0.227. The Morgan fingerprint density at radius 2 is 2.10 bits per heavy atom. The Kier molecular flexibility index (Phi) is 7.15. The molecular weight excluding hydrogens is 440 g/mol. The summed E-state index contributed by atoms with van der Waals surface area (Å²) in [4.78, 5) is 26.7. The number of hydrogen-bond donors (Lipinski definition) is 1. The van der Waals surface area contributed by atoms with Gasteiger partial charge in [0.2, 0.25) is 0 Å². The van der Waals surface area contributed by atoms with Crippen LogP contribution < -0.4 is 20.1 Å². The van der Waals surface area contributed by atoms with Gasteiger partial charge in [-0.05, 0) is 48.6 Å². The maximum atomic E-state index is 14.6. The normalized spacial score (nSPS) is 12.5. The van der Waals surface area contributed by atoms with Crippen LogP contribution in [0.2, 0.25) is 0 Å². The second kappa shape index (κ2) is 9.81. The molecule has 0 saturated heterocycles. The van der Waals surface area contributed by atoms with E-state index >= 15 is 0 Å². The Morgan fingerprint density at radius 3 is 2.71 bits per heavy atom. The number of benzene rings is 1. The first-order valence-corrected chi connectivity index (χ1v) is 11.2. The molecular formula is C22H19F2N3O2S2. The third-order valence-electron chi connectivity index (χ3n) is 4.51. The van der Waals surface area contributed by atoms with Crippen LogP contribution >= 0.6 is 22.7 Å². The quantitative estimate of drug-likeness (QED) is 0.576. The summed E-state index contributed by atoms with van der Waals surface area (Å²) in [6, 6.07) is 6.54. The number of carbonyl (C=O) groups excluding carboxylic acids is 1. The number of aryl methyl sites for hydroxylation is 1. The highest BCUT2D eigenvalue weighted by Gasteiger charge is 2.19. The minimum atomic E-state index is -0.969. The van der Waals surface area contributed by atoms with Crippen LogP contribution in [0.3, 0.4) is 0 Å². The smallest absolute Gasteiger partial charge is 0.273 e. The minimum absolute atomic E-state index is 0.00698. The molecule has 5 nitrogen and oxygen atoms in total. The predicted molar refractivity (Wildman–Crippen MR) is 119 cm³/mol. The molecule has 0 aliphatic heterocycles. The van der Waals surface area contributed by atoms with E-state index in [9.17, 15) is 23.6 Å². The zero-order valence-electron chi connectivity index (χ0n) is 16.9. The van der Waals surface area contributed by atoms with Crippen LogP contribution in [0.4, 0.5) is 8.78 Å². The fourth-order valence-electron chi connectivity index (χ4n) is 2.85. The average Bonchev–Trinajstić information content (AvgIpc) is 3.27. The van der Waals surface area contributed by atoms with Crippen molar-refractivity contribution in [3.8, 4) is 11.8 Å². The van der Waals surface area contributed by atoms with Crippen molar-refractivity contribution in [2.75, 3.05) is 6.54 Å². The molecule has 9 heteroatoms. The van der Waals surface area contributed by atoms with E-state index in [4.69, 9.17) is 0 Å². The molecule has 0 radical (unpaired) electrons. The second-order valence-electron chi connectivity index (χ2n) is 6.72. The van der Waals surface area contributed by atoms with E-state index in [1.807, 2.05) is 31.4 Å². The third-order valence-corrected chi connectivity index (χ3v) is 6.57. The van der Waals surface area contributed by atoms with E-state index in [1.54, 1.807) is 6.08 Å². The number of halogens is 2. The monoisotopic (exact) mass is 459 g/mol. The first-order valence-electron chi connectivity index (χ1n) is 9.53. The zero-order valence-corrected chi connectivity index (χ0v) is 18.5. The minimum Gasteiger partial charge on any atom is -0.351 e. The lowest BCUT2D eigenvalue weighted by atomic mass is 10.2. The van der Waals surface area contributed by atoms with Gasteiger partial charge < -0.3 is 5.32 Å². The van der Waals surface area contributed by atoms with Gasteiger partial charge in [0.05, 0.1) is 10.2 Å². The number of nitriles is 1. The van der Waals surface area contributed by atoms with Crippen molar-refractivity contribution in [1.82, 2.24) is 9.88 Å². The van der Waals surface area contributed by atoms with E-state index < -0.39 is 23.1 Å². The van der Waals surface area contributed by atoms with Crippen LogP contribution in [0, 0.1) is 29.9 Å². The molecule has 0 spiro atoms. The lowest BCUT2D eigenvalue weighted by Crippen LogP contribution is -2.34. The van der Waals surface area contributed by atoms with Crippen LogP contribution in [0.5, 0.6) is 0 Å². The highest BCUT2D eigenvalue weighted by molar-refractivity contribution is 7.11. The van der Waals surface area contributed by atoms with Gasteiger partial charge in [0.25, 0.3) is 11.5 Å². The number of hydrogen-bond acceptors (Lipinski definition) is 5. The van der Waals surface area contributed by atoms with Crippen molar-refractivity contribution in [3.05, 3.63) is 71.3 Å². The van der Waals surface area contributed by atoms with Crippen molar-refractivity contribution in [2.45, 2.75) is 26.7 Å². The summed E-state index contributed by atoms with van der Waals surface area (Å²) >= 11 is 2.35. The van der Waals surface area contributed by atoms with E-state index in [-0.39, 0.29) is 20.5 Å². The van der Waals surface area contributed by atoms with Gasteiger partial charge in [0.15, 0.2) is 5.57 Å². The van der Waals surface area contributed by atoms with Crippen molar-refractivity contribution in [1.29, 1.82) is 5.26 Å². The summed E-state index contributed by atoms with van der Waals surface area (Å²) in [7, 11) is 0. The number of nitrogens with one attached hydrogen (secondary N) is 1. The number of nitrogens with zero attached hydrogens (tertiary/aromatic N) is 2. The van der Waals surface area contributed by atoms with Crippen molar-refractivity contribution >= 4 is 40.2 Å².